The molecule has 0 spiro atoms. The first-order valence-corrected chi connectivity index (χ1v) is 10.0. The second-order valence-electron chi connectivity index (χ2n) is 8.30. The van der Waals surface area contributed by atoms with Crippen molar-refractivity contribution in [3.8, 4) is 28.7 Å². The van der Waals surface area contributed by atoms with Gasteiger partial charge in [0, 0.05) is 42.6 Å². The van der Waals surface area contributed by atoms with Crippen LogP contribution in [0.25, 0.3) is 16.6 Å². The van der Waals surface area contributed by atoms with Crippen molar-refractivity contribution in [2.45, 2.75) is 32.8 Å². The summed E-state index contributed by atoms with van der Waals surface area (Å²) in [5.74, 6) is 6.86. The number of pyridine rings is 1. The monoisotopic (exact) mass is 432 g/mol. The SMILES string of the molecule is COc1cc(-c2cnn(C)c2)cn2ncc(CC#Cc3cnn(C(=O)OC(C)(C)C)c3)c12. The van der Waals surface area contributed by atoms with Crippen molar-refractivity contribution in [3.05, 3.63) is 54.4 Å². The van der Waals surface area contributed by atoms with Gasteiger partial charge < -0.3 is 9.47 Å². The first-order chi connectivity index (χ1) is 15.2. The summed E-state index contributed by atoms with van der Waals surface area (Å²) in [4.78, 5) is 12.1. The van der Waals surface area contributed by atoms with Crippen LogP contribution in [0.3, 0.4) is 0 Å². The Labute approximate surface area is 185 Å². The third-order valence-electron chi connectivity index (χ3n) is 4.59. The molecule has 164 valence electrons. The molecule has 32 heavy (non-hydrogen) atoms. The van der Waals surface area contributed by atoms with E-state index in [9.17, 15) is 4.79 Å². The fourth-order valence-electron chi connectivity index (χ4n) is 3.20. The Kier molecular flexibility index (Phi) is 5.45. The third kappa shape index (κ3) is 4.49. The third-order valence-corrected chi connectivity index (χ3v) is 4.59. The molecule has 0 saturated carbocycles. The molecule has 0 aliphatic carbocycles. The number of carbonyl (C=O) groups excluding carboxylic acids is 1. The van der Waals surface area contributed by atoms with Gasteiger partial charge in [0.2, 0.25) is 0 Å². The number of rotatable bonds is 3. The van der Waals surface area contributed by atoms with E-state index < -0.39 is 11.7 Å². The van der Waals surface area contributed by atoms with Gasteiger partial charge in [-0.3, -0.25) is 4.68 Å². The number of aryl methyl sites for hydroxylation is 1. The minimum Gasteiger partial charge on any atom is -0.494 e. The van der Waals surface area contributed by atoms with E-state index >= 15 is 0 Å². The fourth-order valence-corrected chi connectivity index (χ4v) is 3.20. The van der Waals surface area contributed by atoms with E-state index in [1.807, 2.05) is 25.5 Å². The minimum absolute atomic E-state index is 0.462. The predicted molar refractivity (Wildman–Crippen MR) is 118 cm³/mol. The number of aromatic nitrogens is 6. The van der Waals surface area contributed by atoms with E-state index in [0.29, 0.717) is 17.7 Å². The van der Waals surface area contributed by atoms with Crippen molar-refractivity contribution in [3.63, 3.8) is 0 Å². The van der Waals surface area contributed by atoms with Crippen molar-refractivity contribution < 1.29 is 14.3 Å². The molecule has 4 rings (SSSR count). The molecule has 0 aliphatic heterocycles. The largest absolute Gasteiger partial charge is 0.494 e. The van der Waals surface area contributed by atoms with E-state index in [4.69, 9.17) is 9.47 Å². The lowest BCUT2D eigenvalue weighted by molar-refractivity contribution is 0.0514. The second kappa shape index (κ2) is 8.23. The maximum absolute atomic E-state index is 12.1. The minimum atomic E-state index is -0.589. The summed E-state index contributed by atoms with van der Waals surface area (Å²) < 4.78 is 15.6. The number of hydrogen-bond acceptors (Lipinski definition) is 6. The van der Waals surface area contributed by atoms with E-state index in [-0.39, 0.29) is 0 Å². The number of nitrogens with zero attached hydrogens (tertiary/aromatic N) is 6. The van der Waals surface area contributed by atoms with Crippen LogP contribution in [0, 0.1) is 11.8 Å². The van der Waals surface area contributed by atoms with Crippen molar-refractivity contribution >= 4 is 11.6 Å². The smallest absolute Gasteiger partial charge is 0.435 e. The Bertz CT molecular complexity index is 1340. The highest BCUT2D eigenvalue weighted by molar-refractivity contribution is 5.73. The molecule has 0 N–H and O–H groups in total. The van der Waals surface area contributed by atoms with Gasteiger partial charge in [-0.05, 0) is 26.8 Å². The van der Waals surface area contributed by atoms with Crippen LogP contribution in [0.15, 0.2) is 43.2 Å². The Balaban J connectivity index is 1.55. The summed E-state index contributed by atoms with van der Waals surface area (Å²) in [5.41, 5.74) is 3.77. The van der Waals surface area contributed by atoms with E-state index in [2.05, 4.69) is 27.1 Å². The van der Waals surface area contributed by atoms with Crippen LogP contribution in [0.2, 0.25) is 0 Å². The molecule has 0 aliphatic rings. The normalized spacial score (nSPS) is 11.3. The topological polar surface area (TPSA) is 88.5 Å². The summed E-state index contributed by atoms with van der Waals surface area (Å²) in [7, 11) is 3.51. The Morgan fingerprint density at radius 2 is 1.88 bits per heavy atom. The summed E-state index contributed by atoms with van der Waals surface area (Å²) in [5, 5.41) is 12.7. The summed E-state index contributed by atoms with van der Waals surface area (Å²) in [6.07, 6.45) is 10.5. The molecule has 9 nitrogen and oxygen atoms in total. The molecule has 0 saturated heterocycles. The van der Waals surface area contributed by atoms with Crippen molar-refractivity contribution in [2.24, 2.45) is 7.05 Å². The van der Waals surface area contributed by atoms with Crippen LogP contribution in [0.5, 0.6) is 5.75 Å². The average molecular weight is 432 g/mol. The molecule has 0 aromatic carbocycles. The molecule has 0 fully saturated rings. The highest BCUT2D eigenvalue weighted by Gasteiger charge is 2.18. The van der Waals surface area contributed by atoms with Crippen LogP contribution in [0.1, 0.15) is 31.9 Å². The second-order valence-corrected chi connectivity index (χ2v) is 8.30. The number of fused-ring (bicyclic) bond motifs is 1. The number of carbonyl (C=O) groups is 1. The van der Waals surface area contributed by atoms with Gasteiger partial charge in [-0.1, -0.05) is 11.8 Å². The van der Waals surface area contributed by atoms with Crippen molar-refractivity contribution in [2.75, 3.05) is 7.11 Å². The van der Waals surface area contributed by atoms with Gasteiger partial charge in [0.25, 0.3) is 0 Å². The number of hydrogen-bond donors (Lipinski definition) is 0. The van der Waals surface area contributed by atoms with Crippen LogP contribution in [0.4, 0.5) is 4.79 Å². The summed E-state index contributed by atoms with van der Waals surface area (Å²) in [6, 6.07) is 1.97. The summed E-state index contributed by atoms with van der Waals surface area (Å²) in [6.45, 7) is 5.41. The van der Waals surface area contributed by atoms with Gasteiger partial charge in [0.05, 0.1) is 37.5 Å². The lowest BCUT2D eigenvalue weighted by atomic mass is 10.1. The Hall–Kier alpha value is -4.06. The zero-order chi connectivity index (χ0) is 22.9. The van der Waals surface area contributed by atoms with Crippen molar-refractivity contribution in [1.29, 1.82) is 0 Å². The van der Waals surface area contributed by atoms with E-state index in [1.54, 1.807) is 55.7 Å². The van der Waals surface area contributed by atoms with Crippen LogP contribution >= 0.6 is 0 Å². The lowest BCUT2D eigenvalue weighted by Gasteiger charge is -2.18. The molecule has 0 radical (unpaired) electrons. The van der Waals surface area contributed by atoms with Crippen LogP contribution < -0.4 is 4.74 Å². The van der Waals surface area contributed by atoms with Crippen LogP contribution in [-0.4, -0.2) is 48.0 Å². The van der Waals surface area contributed by atoms with E-state index in [0.717, 1.165) is 26.9 Å². The van der Waals surface area contributed by atoms with Gasteiger partial charge in [0.15, 0.2) is 0 Å². The molecule has 4 heterocycles. The Morgan fingerprint density at radius 3 is 2.56 bits per heavy atom. The van der Waals surface area contributed by atoms with E-state index in [1.165, 1.54) is 6.20 Å². The zero-order valence-corrected chi connectivity index (χ0v) is 18.7. The molecule has 0 amide bonds. The van der Waals surface area contributed by atoms with Crippen LogP contribution in [-0.2, 0) is 18.2 Å². The first kappa shape index (κ1) is 21.2. The zero-order valence-electron chi connectivity index (χ0n) is 18.7. The standard InChI is InChI=1S/C23H24N6O3/c1-23(2,3)32-22(30)29-13-16(10-25-29)7-6-8-17-11-26-28-15-18(9-20(31-5)21(17)28)19-12-24-27(4)14-19/h9-15H,8H2,1-5H3. The lowest BCUT2D eigenvalue weighted by Crippen LogP contribution is -2.27. The summed E-state index contributed by atoms with van der Waals surface area (Å²) >= 11 is 0. The van der Waals surface area contributed by atoms with Gasteiger partial charge in [-0.15, -0.1) is 0 Å². The number of methoxy groups -OCH3 is 1. The molecule has 0 atom stereocenters. The first-order valence-electron chi connectivity index (χ1n) is 10.0. The van der Waals surface area contributed by atoms with Gasteiger partial charge in [0.1, 0.15) is 16.9 Å². The Morgan fingerprint density at radius 1 is 1.06 bits per heavy atom. The predicted octanol–water partition coefficient (Wildman–Crippen LogP) is 3.32. The molecule has 9 heteroatoms. The molecule has 4 aromatic heterocycles. The molecular formula is C23H24N6O3. The average Bonchev–Trinajstić information content (AvgIpc) is 3.46. The highest BCUT2D eigenvalue weighted by atomic mass is 16.6. The molecule has 0 bridgehead atoms. The molecular weight excluding hydrogens is 408 g/mol. The molecule has 4 aromatic rings. The fraction of sp³-hybridized carbons (Fsp3) is 0.304. The van der Waals surface area contributed by atoms with Crippen molar-refractivity contribution in [1.82, 2.24) is 29.2 Å². The maximum atomic E-state index is 12.1. The van der Waals surface area contributed by atoms with Gasteiger partial charge in [-0.25, -0.2) is 9.31 Å². The van der Waals surface area contributed by atoms with Gasteiger partial charge in [-0.2, -0.15) is 20.0 Å². The molecule has 0 unspecified atom stereocenters. The highest BCUT2D eigenvalue weighted by Crippen LogP contribution is 2.29. The quantitative estimate of drug-likeness (QED) is 0.462. The maximum Gasteiger partial charge on any atom is 0.435 e. The van der Waals surface area contributed by atoms with Gasteiger partial charge >= 0.3 is 6.09 Å². The number of ether oxygens (including phenoxy) is 2.